The Morgan fingerprint density at radius 2 is 2.06 bits per heavy atom. The van der Waals surface area contributed by atoms with Crippen LogP contribution in [-0.2, 0) is 5.60 Å². The van der Waals surface area contributed by atoms with Gasteiger partial charge in [-0.15, -0.1) is 0 Å². The van der Waals surface area contributed by atoms with Crippen LogP contribution in [-0.4, -0.2) is 34.1 Å². The van der Waals surface area contributed by atoms with Crippen molar-refractivity contribution in [3.8, 4) is 6.07 Å². The molecule has 0 amide bonds. The van der Waals surface area contributed by atoms with Gasteiger partial charge in [0.05, 0.1) is 11.2 Å². The fourth-order valence-electron chi connectivity index (χ4n) is 3.44. The van der Waals surface area contributed by atoms with Crippen LogP contribution in [0.4, 0.5) is 0 Å². The largest absolute Gasteiger partial charge is 0.385 e. The van der Waals surface area contributed by atoms with Crippen molar-refractivity contribution in [2.24, 2.45) is 0 Å². The number of fused-ring (bicyclic) bond motifs is 2. The Morgan fingerprint density at radius 3 is 2.67 bits per heavy atom. The first kappa shape index (κ1) is 11.6. The SMILES string of the molecule is CN1C2CCC1CC(O)(c1cncc(C#N)c1)C2. The molecule has 18 heavy (non-hydrogen) atoms. The van der Waals surface area contributed by atoms with E-state index in [-0.39, 0.29) is 0 Å². The predicted molar refractivity (Wildman–Crippen MR) is 66.7 cm³/mol. The maximum absolute atomic E-state index is 10.9. The molecule has 2 bridgehead atoms. The van der Waals surface area contributed by atoms with Crippen LogP contribution in [0, 0.1) is 11.3 Å². The zero-order chi connectivity index (χ0) is 12.8. The average Bonchev–Trinajstić information content (AvgIpc) is 2.63. The van der Waals surface area contributed by atoms with E-state index < -0.39 is 5.60 Å². The molecule has 1 N–H and O–H groups in total. The van der Waals surface area contributed by atoms with Gasteiger partial charge in [-0.25, -0.2) is 0 Å². The highest BCUT2D eigenvalue weighted by atomic mass is 16.3. The van der Waals surface area contributed by atoms with Gasteiger partial charge in [0.2, 0.25) is 0 Å². The van der Waals surface area contributed by atoms with Crippen LogP contribution >= 0.6 is 0 Å². The van der Waals surface area contributed by atoms with Crippen LogP contribution in [0.25, 0.3) is 0 Å². The topological polar surface area (TPSA) is 60.1 Å². The molecule has 2 atom stereocenters. The van der Waals surface area contributed by atoms with Crippen molar-refractivity contribution < 1.29 is 5.11 Å². The van der Waals surface area contributed by atoms with Gasteiger partial charge >= 0.3 is 0 Å². The zero-order valence-corrected chi connectivity index (χ0v) is 10.5. The molecule has 3 heterocycles. The van der Waals surface area contributed by atoms with Crippen LogP contribution in [0.5, 0.6) is 0 Å². The van der Waals surface area contributed by atoms with E-state index in [1.165, 1.54) is 6.20 Å². The molecule has 1 aromatic heterocycles. The Morgan fingerprint density at radius 1 is 1.39 bits per heavy atom. The standard InChI is InChI=1S/C14H17N3O/c1-17-12-2-3-13(17)6-14(18,5-12)11-4-10(7-15)8-16-9-11/h4,8-9,12-13,18H,2-3,5-6H2,1H3. The summed E-state index contributed by atoms with van der Waals surface area (Å²) >= 11 is 0. The Balaban J connectivity index is 1.94. The Labute approximate surface area is 107 Å². The lowest BCUT2D eigenvalue weighted by Gasteiger charge is -2.42. The molecular formula is C14H17N3O. The van der Waals surface area contributed by atoms with Crippen molar-refractivity contribution in [1.82, 2.24) is 9.88 Å². The minimum Gasteiger partial charge on any atom is -0.385 e. The van der Waals surface area contributed by atoms with Gasteiger partial charge in [-0.3, -0.25) is 4.98 Å². The molecule has 3 rings (SSSR count). The molecular weight excluding hydrogens is 226 g/mol. The summed E-state index contributed by atoms with van der Waals surface area (Å²) in [4.78, 5) is 6.45. The normalized spacial score (nSPS) is 35.4. The fraction of sp³-hybridized carbons (Fsp3) is 0.571. The number of aromatic nitrogens is 1. The molecule has 2 saturated heterocycles. The van der Waals surface area contributed by atoms with Crippen LogP contribution in [0.1, 0.15) is 36.8 Å². The van der Waals surface area contributed by atoms with Gasteiger partial charge in [0.25, 0.3) is 0 Å². The highest BCUT2D eigenvalue weighted by Gasteiger charge is 2.46. The number of rotatable bonds is 1. The zero-order valence-electron chi connectivity index (χ0n) is 10.5. The van der Waals surface area contributed by atoms with Gasteiger partial charge in [0.15, 0.2) is 0 Å². The van der Waals surface area contributed by atoms with E-state index >= 15 is 0 Å². The average molecular weight is 243 g/mol. The summed E-state index contributed by atoms with van der Waals surface area (Å²) in [6.07, 6.45) is 7.05. The lowest BCUT2D eigenvalue weighted by molar-refractivity contribution is -0.0495. The van der Waals surface area contributed by atoms with Gasteiger partial charge in [0.1, 0.15) is 6.07 Å². The molecule has 0 aliphatic carbocycles. The quantitative estimate of drug-likeness (QED) is 0.810. The Hall–Kier alpha value is -1.44. The molecule has 4 nitrogen and oxygen atoms in total. The second-order valence-electron chi connectivity index (χ2n) is 5.56. The molecule has 0 aromatic carbocycles. The third kappa shape index (κ3) is 1.71. The Bertz CT molecular complexity index is 494. The lowest BCUT2D eigenvalue weighted by atomic mass is 9.81. The summed E-state index contributed by atoms with van der Waals surface area (Å²) in [5, 5.41) is 19.8. The number of nitrogens with zero attached hydrogens (tertiary/aromatic N) is 3. The number of hydrogen-bond acceptors (Lipinski definition) is 4. The number of hydrogen-bond donors (Lipinski definition) is 1. The molecule has 4 heteroatoms. The van der Waals surface area contributed by atoms with Gasteiger partial charge in [-0.05, 0) is 38.8 Å². The number of pyridine rings is 1. The van der Waals surface area contributed by atoms with Crippen molar-refractivity contribution in [2.75, 3.05) is 7.05 Å². The van der Waals surface area contributed by atoms with Crippen molar-refractivity contribution in [1.29, 1.82) is 5.26 Å². The second kappa shape index (κ2) is 4.04. The maximum atomic E-state index is 10.9. The summed E-state index contributed by atoms with van der Waals surface area (Å²) in [5.74, 6) is 0. The Kier molecular flexibility index (Phi) is 2.61. The fourth-order valence-corrected chi connectivity index (χ4v) is 3.44. The third-order valence-electron chi connectivity index (χ3n) is 4.54. The first-order valence-corrected chi connectivity index (χ1v) is 6.42. The van der Waals surface area contributed by atoms with Gasteiger partial charge in [-0.2, -0.15) is 5.26 Å². The van der Waals surface area contributed by atoms with E-state index in [0.29, 0.717) is 17.6 Å². The van der Waals surface area contributed by atoms with Crippen molar-refractivity contribution >= 4 is 0 Å². The van der Waals surface area contributed by atoms with Gasteiger partial charge < -0.3 is 10.0 Å². The third-order valence-corrected chi connectivity index (χ3v) is 4.54. The van der Waals surface area contributed by atoms with Gasteiger partial charge in [-0.1, -0.05) is 0 Å². The van der Waals surface area contributed by atoms with Crippen molar-refractivity contribution in [3.05, 3.63) is 29.6 Å². The molecule has 2 aliphatic rings. The smallest absolute Gasteiger partial charge is 0.101 e. The van der Waals surface area contributed by atoms with E-state index in [2.05, 4.69) is 23.0 Å². The van der Waals surface area contributed by atoms with E-state index in [1.807, 2.05) is 0 Å². The van der Waals surface area contributed by atoms with Crippen LogP contribution in [0.15, 0.2) is 18.5 Å². The predicted octanol–water partition coefficient (Wildman–Crippen LogP) is 1.40. The number of nitriles is 1. The molecule has 0 saturated carbocycles. The molecule has 0 radical (unpaired) electrons. The van der Waals surface area contributed by atoms with E-state index in [9.17, 15) is 5.11 Å². The molecule has 2 aliphatic heterocycles. The second-order valence-corrected chi connectivity index (χ2v) is 5.56. The number of aliphatic hydroxyl groups is 1. The maximum Gasteiger partial charge on any atom is 0.101 e. The minimum absolute atomic E-state index is 0.458. The summed E-state index contributed by atoms with van der Waals surface area (Å²) in [6.45, 7) is 0. The molecule has 0 spiro atoms. The van der Waals surface area contributed by atoms with Crippen LogP contribution in [0.3, 0.4) is 0 Å². The highest BCUT2D eigenvalue weighted by molar-refractivity contribution is 5.33. The summed E-state index contributed by atoms with van der Waals surface area (Å²) in [7, 11) is 2.14. The lowest BCUT2D eigenvalue weighted by Crippen LogP contribution is -2.47. The van der Waals surface area contributed by atoms with Crippen LogP contribution in [0.2, 0.25) is 0 Å². The molecule has 94 valence electrons. The van der Waals surface area contributed by atoms with E-state index in [0.717, 1.165) is 31.2 Å². The van der Waals surface area contributed by atoms with Gasteiger partial charge in [0, 0.05) is 30.0 Å². The van der Waals surface area contributed by atoms with E-state index in [4.69, 9.17) is 5.26 Å². The molecule has 2 fully saturated rings. The minimum atomic E-state index is -0.807. The van der Waals surface area contributed by atoms with Crippen molar-refractivity contribution in [3.63, 3.8) is 0 Å². The van der Waals surface area contributed by atoms with E-state index in [1.54, 1.807) is 12.3 Å². The van der Waals surface area contributed by atoms with Crippen molar-refractivity contribution in [2.45, 2.75) is 43.4 Å². The number of piperidine rings is 1. The first-order valence-electron chi connectivity index (χ1n) is 6.42. The first-order chi connectivity index (χ1) is 8.62. The molecule has 2 unspecified atom stereocenters. The summed E-state index contributed by atoms with van der Waals surface area (Å²) < 4.78 is 0. The monoisotopic (exact) mass is 243 g/mol. The van der Waals surface area contributed by atoms with Crippen LogP contribution < -0.4 is 0 Å². The summed E-state index contributed by atoms with van der Waals surface area (Å²) in [6, 6.07) is 4.78. The molecule has 1 aromatic rings. The highest BCUT2D eigenvalue weighted by Crippen LogP contribution is 2.44. The summed E-state index contributed by atoms with van der Waals surface area (Å²) in [5.41, 5.74) is 0.511.